The highest BCUT2D eigenvalue weighted by Crippen LogP contribution is 2.05. The van der Waals surface area contributed by atoms with Crippen LogP contribution in [0.25, 0.3) is 5.52 Å². The molecule has 0 saturated carbocycles. The van der Waals surface area contributed by atoms with Gasteiger partial charge < -0.3 is 0 Å². The van der Waals surface area contributed by atoms with Crippen LogP contribution in [0.15, 0.2) is 30.5 Å². The Morgan fingerprint density at radius 2 is 2.25 bits per heavy atom. The van der Waals surface area contributed by atoms with Gasteiger partial charge in [-0.15, -0.1) is 0 Å². The summed E-state index contributed by atoms with van der Waals surface area (Å²) in [6.45, 7) is 1.84. The Bertz CT molecular complexity index is 556. The maximum Gasteiger partial charge on any atom is 0.211 e. The summed E-state index contributed by atoms with van der Waals surface area (Å²) in [6.07, 6.45) is 1.83. The summed E-state index contributed by atoms with van der Waals surface area (Å²) in [5, 5.41) is 4.24. The van der Waals surface area contributed by atoms with E-state index in [1.807, 2.05) is 30.5 Å². The molecule has 6 heteroatoms. The molecule has 0 aliphatic rings. The molecule has 2 aromatic heterocycles. The zero-order chi connectivity index (χ0) is 11.6. The Balaban J connectivity index is 2.16. The molecule has 0 saturated heterocycles. The number of rotatable bonds is 4. The van der Waals surface area contributed by atoms with Gasteiger partial charge in [-0.05, 0) is 25.1 Å². The standard InChI is InChI=1S/C10H13N3O2S/c1-2-16(14,15)11-8-9-7-10-5-3-4-6-13(10)12-9/h3-7,11H,2,8H2,1H3. The van der Waals surface area contributed by atoms with E-state index in [2.05, 4.69) is 9.82 Å². The van der Waals surface area contributed by atoms with Gasteiger partial charge in [-0.25, -0.2) is 17.7 Å². The highest BCUT2D eigenvalue weighted by Gasteiger charge is 2.07. The van der Waals surface area contributed by atoms with Gasteiger partial charge in [-0.3, -0.25) is 0 Å². The number of hydrogen-bond donors (Lipinski definition) is 1. The summed E-state index contributed by atoms with van der Waals surface area (Å²) < 4.78 is 26.7. The normalized spacial score (nSPS) is 12.1. The summed E-state index contributed by atoms with van der Waals surface area (Å²) in [7, 11) is -3.15. The average Bonchev–Trinajstić information content (AvgIpc) is 2.69. The summed E-state index contributed by atoms with van der Waals surface area (Å²) in [6, 6.07) is 7.57. The van der Waals surface area contributed by atoms with Crippen LogP contribution in [0.2, 0.25) is 0 Å². The largest absolute Gasteiger partial charge is 0.241 e. The Labute approximate surface area is 94.1 Å². The van der Waals surface area contributed by atoms with Gasteiger partial charge in [0.2, 0.25) is 10.0 Å². The molecular formula is C10H13N3O2S. The van der Waals surface area contributed by atoms with Crippen molar-refractivity contribution in [1.82, 2.24) is 14.3 Å². The van der Waals surface area contributed by atoms with Crippen molar-refractivity contribution in [2.24, 2.45) is 0 Å². The lowest BCUT2D eigenvalue weighted by atomic mass is 10.3. The number of hydrogen-bond acceptors (Lipinski definition) is 3. The third-order valence-electron chi connectivity index (χ3n) is 2.27. The van der Waals surface area contributed by atoms with Crippen molar-refractivity contribution in [2.75, 3.05) is 5.75 Å². The first-order valence-electron chi connectivity index (χ1n) is 5.01. The van der Waals surface area contributed by atoms with Crippen LogP contribution >= 0.6 is 0 Å². The van der Waals surface area contributed by atoms with E-state index in [1.54, 1.807) is 11.4 Å². The Kier molecular flexibility index (Phi) is 2.93. The van der Waals surface area contributed by atoms with Crippen LogP contribution in [0.4, 0.5) is 0 Å². The number of sulfonamides is 1. The number of pyridine rings is 1. The smallest absolute Gasteiger partial charge is 0.211 e. The summed E-state index contributed by atoms with van der Waals surface area (Å²) in [4.78, 5) is 0. The van der Waals surface area contributed by atoms with E-state index in [9.17, 15) is 8.42 Å². The van der Waals surface area contributed by atoms with Gasteiger partial charge in [0.1, 0.15) is 0 Å². The number of nitrogens with zero attached hydrogens (tertiary/aromatic N) is 2. The minimum Gasteiger partial charge on any atom is -0.241 e. The van der Waals surface area contributed by atoms with Crippen molar-refractivity contribution in [1.29, 1.82) is 0 Å². The first-order valence-corrected chi connectivity index (χ1v) is 6.66. The van der Waals surface area contributed by atoms with Crippen LogP contribution in [0.3, 0.4) is 0 Å². The molecular weight excluding hydrogens is 226 g/mol. The monoisotopic (exact) mass is 239 g/mol. The fourth-order valence-electron chi connectivity index (χ4n) is 1.36. The zero-order valence-electron chi connectivity index (χ0n) is 8.92. The van der Waals surface area contributed by atoms with E-state index in [0.29, 0.717) is 5.69 Å². The molecule has 2 heterocycles. The molecule has 5 nitrogen and oxygen atoms in total. The van der Waals surface area contributed by atoms with E-state index < -0.39 is 10.0 Å². The van der Waals surface area contributed by atoms with Gasteiger partial charge in [-0.2, -0.15) is 5.10 Å². The Hall–Kier alpha value is -1.40. The lowest BCUT2D eigenvalue weighted by Crippen LogP contribution is -2.24. The minimum atomic E-state index is -3.15. The number of aromatic nitrogens is 2. The first kappa shape index (κ1) is 11.1. The van der Waals surface area contributed by atoms with Crippen LogP contribution in [-0.2, 0) is 16.6 Å². The van der Waals surface area contributed by atoms with Gasteiger partial charge in [0.05, 0.1) is 23.5 Å². The molecule has 0 radical (unpaired) electrons. The summed E-state index contributed by atoms with van der Waals surface area (Å²) in [5.74, 6) is 0.0837. The third-order valence-corrected chi connectivity index (χ3v) is 3.62. The second-order valence-corrected chi connectivity index (χ2v) is 5.53. The number of fused-ring (bicyclic) bond motifs is 1. The molecule has 2 aromatic rings. The number of nitrogens with one attached hydrogen (secondary N) is 1. The fraction of sp³-hybridized carbons (Fsp3) is 0.300. The van der Waals surface area contributed by atoms with Crippen molar-refractivity contribution >= 4 is 15.5 Å². The van der Waals surface area contributed by atoms with Crippen molar-refractivity contribution in [3.63, 3.8) is 0 Å². The molecule has 0 aliphatic carbocycles. The second kappa shape index (κ2) is 4.23. The van der Waals surface area contributed by atoms with E-state index in [0.717, 1.165) is 5.52 Å². The van der Waals surface area contributed by atoms with E-state index in [4.69, 9.17) is 0 Å². The van der Waals surface area contributed by atoms with Crippen molar-refractivity contribution in [3.8, 4) is 0 Å². The third kappa shape index (κ3) is 2.40. The highest BCUT2D eigenvalue weighted by molar-refractivity contribution is 7.89. The van der Waals surface area contributed by atoms with Gasteiger partial charge in [0, 0.05) is 6.20 Å². The quantitative estimate of drug-likeness (QED) is 0.857. The maximum absolute atomic E-state index is 11.2. The molecule has 1 N–H and O–H groups in total. The molecule has 0 aromatic carbocycles. The van der Waals surface area contributed by atoms with Crippen LogP contribution < -0.4 is 4.72 Å². The molecule has 16 heavy (non-hydrogen) atoms. The molecule has 0 spiro atoms. The van der Waals surface area contributed by atoms with Crippen molar-refractivity contribution < 1.29 is 8.42 Å². The van der Waals surface area contributed by atoms with Gasteiger partial charge in [0.15, 0.2) is 0 Å². The van der Waals surface area contributed by atoms with Gasteiger partial charge in [0.25, 0.3) is 0 Å². The Morgan fingerprint density at radius 1 is 1.44 bits per heavy atom. The van der Waals surface area contributed by atoms with E-state index in [1.165, 1.54) is 0 Å². The minimum absolute atomic E-state index is 0.0837. The van der Waals surface area contributed by atoms with Crippen molar-refractivity contribution in [3.05, 3.63) is 36.2 Å². The van der Waals surface area contributed by atoms with Gasteiger partial charge >= 0.3 is 0 Å². The van der Waals surface area contributed by atoms with Crippen LogP contribution in [0, 0.1) is 0 Å². The fourth-order valence-corrected chi connectivity index (χ4v) is 1.94. The van der Waals surface area contributed by atoms with E-state index >= 15 is 0 Å². The first-order chi connectivity index (χ1) is 7.61. The molecule has 86 valence electrons. The summed E-state index contributed by atoms with van der Waals surface area (Å²) in [5.41, 5.74) is 1.66. The zero-order valence-corrected chi connectivity index (χ0v) is 9.74. The molecule has 0 atom stereocenters. The maximum atomic E-state index is 11.2. The molecule has 0 aliphatic heterocycles. The lowest BCUT2D eigenvalue weighted by Gasteiger charge is -2.00. The lowest BCUT2D eigenvalue weighted by molar-refractivity contribution is 0.581. The van der Waals surface area contributed by atoms with Gasteiger partial charge in [-0.1, -0.05) is 6.07 Å². The van der Waals surface area contributed by atoms with Crippen LogP contribution in [-0.4, -0.2) is 23.8 Å². The summed E-state index contributed by atoms with van der Waals surface area (Å²) >= 11 is 0. The predicted molar refractivity (Wildman–Crippen MR) is 61.5 cm³/mol. The van der Waals surface area contributed by atoms with Crippen LogP contribution in [0.1, 0.15) is 12.6 Å². The molecule has 0 amide bonds. The van der Waals surface area contributed by atoms with E-state index in [-0.39, 0.29) is 12.3 Å². The topological polar surface area (TPSA) is 63.5 Å². The predicted octanol–water partition coefficient (Wildman–Crippen LogP) is 0.774. The SMILES string of the molecule is CCS(=O)(=O)NCc1cc2ccccn2n1. The second-order valence-electron chi connectivity index (χ2n) is 3.43. The highest BCUT2D eigenvalue weighted by atomic mass is 32.2. The molecule has 2 rings (SSSR count). The average molecular weight is 239 g/mol. The molecule has 0 fully saturated rings. The molecule has 0 unspecified atom stereocenters. The van der Waals surface area contributed by atoms with Crippen molar-refractivity contribution in [2.45, 2.75) is 13.5 Å². The Morgan fingerprint density at radius 3 is 2.94 bits per heavy atom. The molecule has 0 bridgehead atoms. The van der Waals surface area contributed by atoms with Crippen LogP contribution in [0.5, 0.6) is 0 Å².